The van der Waals surface area contributed by atoms with Crippen LogP contribution in [0.4, 0.5) is 15.9 Å². The van der Waals surface area contributed by atoms with E-state index in [4.69, 9.17) is 21.2 Å². The number of fused-ring (bicyclic) bond motifs is 1. The van der Waals surface area contributed by atoms with Crippen LogP contribution >= 0.6 is 11.6 Å². The lowest BCUT2D eigenvalue weighted by Crippen LogP contribution is -2.06. The molecule has 0 amide bonds. The lowest BCUT2D eigenvalue weighted by atomic mass is 10.1. The standard InChI is InChI=1S/C27H22ClFN4O5S/c1-2-4-24(33-37-11-12-38-39(34)35)19-7-9-25-22(14-19)27(31-17-30-25)32-21-8-10-26(23(28)15-21)36-16-18-5-3-6-20(29)13-18/h3,5-10,13-15,17H,11-12,16H2,1H3,(H,34,35)(H,30,31,32)/p-1. The molecule has 4 aromatic rings. The number of nitrogens with one attached hydrogen (secondary N) is 1. The summed E-state index contributed by atoms with van der Waals surface area (Å²) in [4.78, 5) is 13.9. The molecule has 1 aromatic heterocycles. The highest BCUT2D eigenvalue weighted by Crippen LogP contribution is 2.31. The van der Waals surface area contributed by atoms with Crippen molar-refractivity contribution in [3.8, 4) is 17.6 Å². The summed E-state index contributed by atoms with van der Waals surface area (Å²) < 4.78 is 44.5. The normalized spacial score (nSPS) is 11.9. The molecule has 1 atom stereocenters. The predicted molar refractivity (Wildman–Crippen MR) is 146 cm³/mol. The zero-order valence-electron chi connectivity index (χ0n) is 20.5. The molecule has 0 aliphatic rings. The number of anilines is 2. The minimum atomic E-state index is -2.62. The number of nitrogens with zero attached hydrogens (tertiary/aromatic N) is 3. The van der Waals surface area contributed by atoms with Gasteiger partial charge >= 0.3 is 0 Å². The first kappa shape index (κ1) is 27.9. The molecule has 12 heteroatoms. The number of hydrogen-bond donors (Lipinski definition) is 1. The summed E-state index contributed by atoms with van der Waals surface area (Å²) in [7, 11) is 0. The van der Waals surface area contributed by atoms with E-state index in [0.717, 1.165) is 0 Å². The monoisotopic (exact) mass is 567 g/mol. The van der Waals surface area contributed by atoms with E-state index in [1.807, 2.05) is 6.07 Å². The third-order valence-electron chi connectivity index (χ3n) is 5.14. The summed E-state index contributed by atoms with van der Waals surface area (Å²) in [6.07, 6.45) is 1.44. The van der Waals surface area contributed by atoms with Crippen molar-refractivity contribution in [1.29, 1.82) is 0 Å². The van der Waals surface area contributed by atoms with E-state index < -0.39 is 11.4 Å². The van der Waals surface area contributed by atoms with Crippen molar-refractivity contribution < 1.29 is 26.9 Å². The second-order valence-electron chi connectivity index (χ2n) is 7.82. The molecular weight excluding hydrogens is 547 g/mol. The average Bonchev–Trinajstić information content (AvgIpc) is 2.92. The van der Waals surface area contributed by atoms with E-state index in [1.165, 1.54) is 18.5 Å². The number of benzene rings is 3. The smallest absolute Gasteiger partial charge is 0.159 e. The Labute approximate surface area is 231 Å². The quantitative estimate of drug-likeness (QED) is 0.0853. The lowest BCUT2D eigenvalue weighted by Gasteiger charge is -2.12. The van der Waals surface area contributed by atoms with Crippen LogP contribution in [0, 0.1) is 17.7 Å². The van der Waals surface area contributed by atoms with Crippen LogP contribution in [0.1, 0.15) is 18.1 Å². The van der Waals surface area contributed by atoms with E-state index in [2.05, 4.69) is 36.5 Å². The molecule has 0 bridgehead atoms. The van der Waals surface area contributed by atoms with Gasteiger partial charge in [-0.3, -0.25) is 4.18 Å². The molecule has 0 saturated carbocycles. The molecule has 4 rings (SSSR count). The maximum absolute atomic E-state index is 13.4. The van der Waals surface area contributed by atoms with E-state index >= 15 is 0 Å². The fraction of sp³-hybridized carbons (Fsp3) is 0.148. The molecule has 1 unspecified atom stereocenters. The van der Waals surface area contributed by atoms with Gasteiger partial charge in [-0.05, 0) is 66.9 Å². The van der Waals surface area contributed by atoms with Crippen LogP contribution in [-0.2, 0) is 27.0 Å². The van der Waals surface area contributed by atoms with E-state index in [0.29, 0.717) is 50.0 Å². The van der Waals surface area contributed by atoms with Gasteiger partial charge in [0.15, 0.2) is 5.71 Å². The first-order chi connectivity index (χ1) is 18.9. The highest BCUT2D eigenvalue weighted by molar-refractivity contribution is 7.74. The number of hydrogen-bond acceptors (Lipinski definition) is 9. The van der Waals surface area contributed by atoms with Crippen LogP contribution in [0.2, 0.25) is 5.02 Å². The molecular formula is C27H21ClFN4O5S-. The van der Waals surface area contributed by atoms with Crippen molar-refractivity contribution >= 4 is 51.1 Å². The van der Waals surface area contributed by atoms with Gasteiger partial charge in [-0.2, -0.15) is 0 Å². The molecule has 0 spiro atoms. The van der Waals surface area contributed by atoms with Crippen LogP contribution < -0.4 is 10.1 Å². The zero-order chi connectivity index (χ0) is 27.6. The Balaban J connectivity index is 1.52. The minimum absolute atomic E-state index is 0.0743. The largest absolute Gasteiger partial charge is 0.750 e. The van der Waals surface area contributed by atoms with E-state index in [1.54, 1.807) is 49.4 Å². The van der Waals surface area contributed by atoms with Gasteiger partial charge in [0.2, 0.25) is 0 Å². The Hall–Kier alpha value is -4.08. The summed E-state index contributed by atoms with van der Waals surface area (Å²) >= 11 is 3.82. The maximum Gasteiger partial charge on any atom is 0.159 e. The molecule has 200 valence electrons. The van der Waals surface area contributed by atoms with Crippen molar-refractivity contribution in [3.05, 3.63) is 89.0 Å². The van der Waals surface area contributed by atoms with Gasteiger partial charge < -0.3 is 19.4 Å². The number of oxime groups is 1. The lowest BCUT2D eigenvalue weighted by molar-refractivity contribution is 0.108. The van der Waals surface area contributed by atoms with Gasteiger partial charge in [0.05, 0.1) is 28.5 Å². The molecule has 1 heterocycles. The SMILES string of the molecule is CC#CC(=NOCCOS(=O)[O-])c1ccc2ncnc(Nc3ccc(OCc4cccc(F)c4)c(Cl)c3)c2c1. The van der Waals surface area contributed by atoms with Crippen molar-refractivity contribution in [1.82, 2.24) is 9.97 Å². The number of aromatic nitrogens is 2. The molecule has 0 aliphatic carbocycles. The van der Waals surface area contributed by atoms with Crippen LogP contribution in [0.15, 0.2) is 72.1 Å². The summed E-state index contributed by atoms with van der Waals surface area (Å²) in [5.41, 5.74) is 2.99. The summed E-state index contributed by atoms with van der Waals surface area (Å²) in [6, 6.07) is 16.7. The van der Waals surface area contributed by atoms with Gasteiger partial charge in [-0.25, -0.2) is 18.6 Å². The Morgan fingerprint density at radius 3 is 2.79 bits per heavy atom. The van der Waals surface area contributed by atoms with Crippen LogP contribution in [0.25, 0.3) is 10.9 Å². The fourth-order valence-corrected chi connectivity index (χ4v) is 3.88. The highest BCUT2D eigenvalue weighted by atomic mass is 35.5. The maximum atomic E-state index is 13.4. The second kappa shape index (κ2) is 13.6. The number of halogens is 2. The molecule has 1 N–H and O–H groups in total. The molecule has 0 fully saturated rings. The Kier molecular flexibility index (Phi) is 9.77. The average molecular weight is 568 g/mol. The topological polar surface area (TPSA) is 118 Å². The van der Waals surface area contributed by atoms with Gasteiger partial charge in [-0.15, -0.1) is 0 Å². The van der Waals surface area contributed by atoms with E-state index in [-0.39, 0.29) is 25.6 Å². The van der Waals surface area contributed by atoms with Gasteiger partial charge in [0.1, 0.15) is 36.9 Å². The Bertz CT molecular complexity index is 1590. The van der Waals surface area contributed by atoms with Crippen molar-refractivity contribution in [2.45, 2.75) is 13.5 Å². The summed E-state index contributed by atoms with van der Waals surface area (Å²) in [5.74, 6) is 6.29. The third-order valence-corrected chi connectivity index (χ3v) is 5.79. The fourth-order valence-electron chi connectivity index (χ4n) is 3.44. The van der Waals surface area contributed by atoms with Crippen molar-refractivity contribution in [3.63, 3.8) is 0 Å². The minimum Gasteiger partial charge on any atom is -0.750 e. The number of ether oxygens (including phenoxy) is 1. The first-order valence-electron chi connectivity index (χ1n) is 11.5. The van der Waals surface area contributed by atoms with Gasteiger partial charge in [-0.1, -0.05) is 34.8 Å². The Morgan fingerprint density at radius 1 is 1.15 bits per heavy atom. The molecule has 0 saturated heterocycles. The molecule has 0 aliphatic heterocycles. The second-order valence-corrected chi connectivity index (χ2v) is 8.87. The third kappa shape index (κ3) is 7.95. The highest BCUT2D eigenvalue weighted by Gasteiger charge is 2.11. The van der Waals surface area contributed by atoms with Crippen LogP contribution in [0.3, 0.4) is 0 Å². The van der Waals surface area contributed by atoms with E-state index in [9.17, 15) is 13.2 Å². The number of rotatable bonds is 11. The Morgan fingerprint density at radius 2 is 2.03 bits per heavy atom. The summed E-state index contributed by atoms with van der Waals surface area (Å²) in [5, 5.41) is 8.31. The summed E-state index contributed by atoms with van der Waals surface area (Å²) in [6.45, 7) is 1.58. The molecule has 39 heavy (non-hydrogen) atoms. The van der Waals surface area contributed by atoms with Crippen molar-refractivity contribution in [2.75, 3.05) is 18.5 Å². The molecule has 9 nitrogen and oxygen atoms in total. The van der Waals surface area contributed by atoms with Gasteiger partial charge in [0.25, 0.3) is 0 Å². The first-order valence-corrected chi connectivity index (χ1v) is 12.8. The predicted octanol–water partition coefficient (Wildman–Crippen LogP) is 5.30. The molecule has 0 radical (unpaired) electrons. The van der Waals surface area contributed by atoms with Crippen LogP contribution in [0.5, 0.6) is 5.75 Å². The molecule has 3 aromatic carbocycles. The van der Waals surface area contributed by atoms with Crippen molar-refractivity contribution in [2.24, 2.45) is 5.16 Å². The van der Waals surface area contributed by atoms with Crippen LogP contribution in [-0.4, -0.2) is 37.7 Å². The van der Waals surface area contributed by atoms with Gasteiger partial charge in [0, 0.05) is 16.6 Å². The zero-order valence-corrected chi connectivity index (χ0v) is 22.1.